The molecule has 0 aromatic carbocycles. The van der Waals surface area contributed by atoms with E-state index in [1.165, 1.54) is 0 Å². The summed E-state index contributed by atoms with van der Waals surface area (Å²) in [7, 11) is 0. The molecule has 5 nitrogen and oxygen atoms in total. The van der Waals surface area contributed by atoms with E-state index in [0.717, 1.165) is 6.42 Å². The Bertz CT molecular complexity index is 275. The quantitative estimate of drug-likeness (QED) is 0.407. The van der Waals surface area contributed by atoms with Crippen LogP contribution in [-0.4, -0.2) is 23.0 Å². The Morgan fingerprint density at radius 3 is 2.67 bits per heavy atom. The molecule has 15 heavy (non-hydrogen) atoms. The Labute approximate surface area is 88.9 Å². The molecule has 1 aliphatic heterocycles. The van der Waals surface area contributed by atoms with Crippen molar-refractivity contribution in [3.63, 3.8) is 0 Å². The molecular formula is C10H17NO4. The molecule has 0 N–H and O–H groups in total. The molecule has 5 heteroatoms. The number of carbonyl (C=O) groups is 1. The molecule has 1 unspecified atom stereocenters. The molecule has 86 valence electrons. The summed E-state index contributed by atoms with van der Waals surface area (Å²) in [5, 5.41) is 10.9. The predicted molar refractivity (Wildman–Crippen MR) is 53.9 cm³/mol. The number of carbonyl (C=O) groups excluding carboxylic acids is 1. The maximum absolute atomic E-state index is 11.5. The minimum atomic E-state index is -1.08. The minimum absolute atomic E-state index is 0.288. The fourth-order valence-corrected chi connectivity index (χ4v) is 1.81. The van der Waals surface area contributed by atoms with Gasteiger partial charge in [0.25, 0.3) is 0 Å². The molecule has 0 radical (unpaired) electrons. The lowest BCUT2D eigenvalue weighted by Gasteiger charge is -2.31. The van der Waals surface area contributed by atoms with Crippen molar-refractivity contribution in [2.45, 2.75) is 39.2 Å². The summed E-state index contributed by atoms with van der Waals surface area (Å²) in [6.07, 6.45) is 1.49. The molecule has 0 aromatic heterocycles. The van der Waals surface area contributed by atoms with Gasteiger partial charge in [0.2, 0.25) is 5.54 Å². The zero-order valence-electron chi connectivity index (χ0n) is 9.36. The number of rotatable bonds is 3. The second-order valence-electron chi connectivity index (χ2n) is 4.62. The van der Waals surface area contributed by atoms with E-state index in [9.17, 15) is 14.9 Å². The van der Waals surface area contributed by atoms with Gasteiger partial charge in [-0.3, -0.25) is 14.9 Å². The van der Waals surface area contributed by atoms with Crippen LogP contribution < -0.4 is 0 Å². The zero-order chi connectivity index (χ0) is 11.6. The summed E-state index contributed by atoms with van der Waals surface area (Å²) in [4.78, 5) is 22.0. The normalized spacial score (nSPS) is 24.5. The molecule has 0 spiro atoms. The van der Waals surface area contributed by atoms with Crippen molar-refractivity contribution in [1.82, 2.24) is 0 Å². The van der Waals surface area contributed by atoms with Gasteiger partial charge < -0.3 is 4.74 Å². The van der Waals surface area contributed by atoms with Crippen molar-refractivity contribution >= 4 is 5.97 Å². The van der Waals surface area contributed by atoms with E-state index >= 15 is 0 Å². The summed E-state index contributed by atoms with van der Waals surface area (Å²) < 4.78 is 4.92. The minimum Gasteiger partial charge on any atom is -0.465 e. The number of esters is 1. The summed E-state index contributed by atoms with van der Waals surface area (Å²) in [5.74, 6) is -0.928. The highest BCUT2D eigenvalue weighted by Gasteiger charge is 2.45. The largest absolute Gasteiger partial charge is 0.465 e. The van der Waals surface area contributed by atoms with E-state index in [1.807, 2.05) is 0 Å². The maximum Gasteiger partial charge on any atom is 0.309 e. The molecule has 2 atom stereocenters. The fraction of sp³-hybridized carbons (Fsp3) is 0.900. The molecule has 1 aliphatic rings. The van der Waals surface area contributed by atoms with Crippen LogP contribution in [0.3, 0.4) is 0 Å². The number of cyclic esters (lactones) is 1. The van der Waals surface area contributed by atoms with E-state index in [2.05, 4.69) is 0 Å². The first-order valence-electron chi connectivity index (χ1n) is 5.18. The van der Waals surface area contributed by atoms with Crippen LogP contribution in [0.25, 0.3) is 0 Å². The smallest absolute Gasteiger partial charge is 0.309 e. The fourth-order valence-electron chi connectivity index (χ4n) is 1.81. The molecule has 0 amide bonds. The van der Waals surface area contributed by atoms with Gasteiger partial charge >= 0.3 is 5.97 Å². The Morgan fingerprint density at radius 1 is 1.60 bits per heavy atom. The van der Waals surface area contributed by atoms with Gasteiger partial charge in [-0.25, -0.2) is 0 Å². The average molecular weight is 215 g/mol. The SMILES string of the molecule is C[C@@H](C1CCCOC1=O)C(C)(C)[N+](=O)[O-]. The summed E-state index contributed by atoms with van der Waals surface area (Å²) in [5.41, 5.74) is -1.08. The zero-order valence-corrected chi connectivity index (χ0v) is 9.36. The van der Waals surface area contributed by atoms with Gasteiger partial charge in [-0.15, -0.1) is 0 Å². The van der Waals surface area contributed by atoms with E-state index < -0.39 is 5.54 Å². The van der Waals surface area contributed by atoms with Gasteiger partial charge in [-0.1, -0.05) is 6.92 Å². The third kappa shape index (κ3) is 2.27. The Kier molecular flexibility index (Phi) is 3.31. The highest BCUT2D eigenvalue weighted by atomic mass is 16.6. The molecular weight excluding hydrogens is 198 g/mol. The van der Waals surface area contributed by atoms with Crippen LogP contribution in [-0.2, 0) is 9.53 Å². The first-order chi connectivity index (χ1) is 6.87. The van der Waals surface area contributed by atoms with Crippen LogP contribution in [0.1, 0.15) is 33.6 Å². The molecule has 0 bridgehead atoms. The van der Waals surface area contributed by atoms with Crippen LogP contribution in [0, 0.1) is 22.0 Å². The highest BCUT2D eigenvalue weighted by Crippen LogP contribution is 2.32. The van der Waals surface area contributed by atoms with Crippen molar-refractivity contribution in [3.8, 4) is 0 Å². The van der Waals surface area contributed by atoms with Crippen molar-refractivity contribution in [1.29, 1.82) is 0 Å². The molecule has 1 heterocycles. The third-order valence-electron chi connectivity index (χ3n) is 3.39. The summed E-state index contributed by atoms with van der Waals surface area (Å²) in [6, 6.07) is 0. The summed E-state index contributed by atoms with van der Waals surface area (Å²) in [6.45, 7) is 5.31. The van der Waals surface area contributed by atoms with Crippen molar-refractivity contribution in [3.05, 3.63) is 10.1 Å². The number of nitro groups is 1. The van der Waals surface area contributed by atoms with Gasteiger partial charge in [-0.2, -0.15) is 0 Å². The first kappa shape index (κ1) is 11.9. The van der Waals surface area contributed by atoms with Crippen molar-refractivity contribution in [2.24, 2.45) is 11.8 Å². The second kappa shape index (κ2) is 4.16. The number of hydrogen-bond acceptors (Lipinski definition) is 4. The predicted octanol–water partition coefficient (Wildman–Crippen LogP) is 1.63. The standard InChI is InChI=1S/C10H17NO4/c1-7(10(2,3)11(13)14)8-5-4-6-15-9(8)12/h7-8H,4-6H2,1-3H3/t7-,8?/m0/s1. The van der Waals surface area contributed by atoms with E-state index in [0.29, 0.717) is 13.0 Å². The Morgan fingerprint density at radius 2 is 2.20 bits per heavy atom. The Balaban J connectivity index is 2.78. The average Bonchev–Trinajstić information content (AvgIpc) is 2.17. The lowest BCUT2D eigenvalue weighted by atomic mass is 9.77. The van der Waals surface area contributed by atoms with Crippen LogP contribution in [0.4, 0.5) is 0 Å². The highest BCUT2D eigenvalue weighted by molar-refractivity contribution is 5.73. The van der Waals surface area contributed by atoms with Gasteiger partial charge in [0, 0.05) is 24.7 Å². The lowest BCUT2D eigenvalue weighted by Crippen LogP contribution is -2.45. The lowest BCUT2D eigenvalue weighted by molar-refractivity contribution is -0.572. The molecule has 0 aromatic rings. The van der Waals surface area contributed by atoms with Crippen LogP contribution in [0.5, 0.6) is 0 Å². The number of ether oxygens (including phenoxy) is 1. The third-order valence-corrected chi connectivity index (χ3v) is 3.39. The molecule has 1 rings (SSSR count). The van der Waals surface area contributed by atoms with Crippen LogP contribution in [0.2, 0.25) is 0 Å². The van der Waals surface area contributed by atoms with Gasteiger partial charge in [0.05, 0.1) is 12.5 Å². The molecule has 1 fully saturated rings. The van der Waals surface area contributed by atoms with E-state index in [4.69, 9.17) is 4.74 Å². The van der Waals surface area contributed by atoms with E-state index in [1.54, 1.807) is 20.8 Å². The Hall–Kier alpha value is -1.13. The summed E-state index contributed by atoms with van der Waals surface area (Å²) >= 11 is 0. The van der Waals surface area contributed by atoms with Crippen molar-refractivity contribution < 1.29 is 14.5 Å². The molecule has 1 saturated heterocycles. The van der Waals surface area contributed by atoms with Gasteiger partial charge in [-0.05, 0) is 12.8 Å². The van der Waals surface area contributed by atoms with Gasteiger partial charge in [0.15, 0.2) is 0 Å². The van der Waals surface area contributed by atoms with Gasteiger partial charge in [0.1, 0.15) is 0 Å². The van der Waals surface area contributed by atoms with Crippen LogP contribution in [0.15, 0.2) is 0 Å². The topological polar surface area (TPSA) is 69.4 Å². The number of nitrogens with zero attached hydrogens (tertiary/aromatic N) is 1. The molecule has 0 aliphatic carbocycles. The maximum atomic E-state index is 11.5. The second-order valence-corrected chi connectivity index (χ2v) is 4.62. The van der Waals surface area contributed by atoms with Crippen molar-refractivity contribution in [2.75, 3.05) is 6.61 Å². The van der Waals surface area contributed by atoms with Crippen LogP contribution >= 0.6 is 0 Å². The van der Waals surface area contributed by atoms with E-state index in [-0.39, 0.29) is 22.7 Å². The molecule has 0 saturated carbocycles. The first-order valence-corrected chi connectivity index (χ1v) is 5.18. The number of hydrogen-bond donors (Lipinski definition) is 0. The monoisotopic (exact) mass is 215 g/mol.